The first-order valence-electron chi connectivity index (χ1n) is 4.60. The molecule has 0 radical (unpaired) electrons. The third kappa shape index (κ3) is 1.87. The number of benzene rings is 1. The molecule has 0 fully saturated rings. The number of hydrogen-bond acceptors (Lipinski definition) is 3. The Labute approximate surface area is 103 Å². The zero-order chi connectivity index (χ0) is 12.6. The van der Waals surface area contributed by atoms with Crippen LogP contribution in [0.15, 0.2) is 46.2 Å². The summed E-state index contributed by atoms with van der Waals surface area (Å²) in [4.78, 5) is 10.3. The Balaban J connectivity index is 2.64. The number of halogens is 1. The van der Waals surface area contributed by atoms with Crippen molar-refractivity contribution in [1.29, 1.82) is 0 Å². The molecule has 6 heteroatoms. The van der Waals surface area contributed by atoms with E-state index in [1.165, 1.54) is 6.07 Å². The van der Waals surface area contributed by atoms with Gasteiger partial charge in [-0.25, -0.2) is 13.2 Å². The normalized spacial score (nSPS) is 17.5. The Morgan fingerprint density at radius 3 is 2.53 bits per heavy atom. The van der Waals surface area contributed by atoms with Crippen molar-refractivity contribution in [2.24, 2.45) is 0 Å². The fraction of sp³-hybridized carbons (Fsp3) is 0. The molecule has 0 bridgehead atoms. The van der Waals surface area contributed by atoms with Gasteiger partial charge in [-0.3, -0.25) is 0 Å². The lowest BCUT2D eigenvalue weighted by Gasteiger charge is -1.97. The molecule has 17 heavy (non-hydrogen) atoms. The van der Waals surface area contributed by atoms with Crippen LogP contribution in [0.25, 0.3) is 5.03 Å². The summed E-state index contributed by atoms with van der Waals surface area (Å²) in [6.07, 6.45) is 1.75. The number of hydrogen-bond donors (Lipinski definition) is 1. The van der Waals surface area contributed by atoms with Gasteiger partial charge in [-0.2, -0.15) is 0 Å². The molecule has 1 heterocycles. The quantitative estimate of drug-likeness (QED) is 0.835. The maximum atomic E-state index is 12.0. The lowest BCUT2D eigenvalue weighted by atomic mass is 10.2. The molecule has 1 N–H and O–H groups in total. The van der Waals surface area contributed by atoms with Crippen molar-refractivity contribution in [1.82, 2.24) is 0 Å². The highest BCUT2D eigenvalue weighted by Gasteiger charge is 2.32. The van der Waals surface area contributed by atoms with Crippen molar-refractivity contribution in [3.05, 3.63) is 46.9 Å². The number of carbonyl (C=O) groups is 1. The molecule has 0 aliphatic carbocycles. The van der Waals surface area contributed by atoms with Crippen molar-refractivity contribution >= 4 is 32.4 Å². The first kappa shape index (κ1) is 11.9. The highest BCUT2D eigenvalue weighted by Crippen LogP contribution is 2.41. The molecular weight excluding hydrogens is 264 g/mol. The van der Waals surface area contributed by atoms with E-state index in [-0.39, 0.29) is 14.8 Å². The van der Waals surface area contributed by atoms with Crippen LogP contribution in [0.4, 0.5) is 0 Å². The van der Waals surface area contributed by atoms with Gasteiger partial charge in [0.1, 0.15) is 0 Å². The smallest absolute Gasteiger partial charge is 0.328 e. The second-order valence-corrected chi connectivity index (χ2v) is 5.61. The third-order valence-electron chi connectivity index (χ3n) is 2.30. The molecule has 0 atom stereocenters. The molecule has 0 saturated carbocycles. The minimum atomic E-state index is -3.69. The van der Waals surface area contributed by atoms with E-state index in [2.05, 4.69) is 0 Å². The molecule has 4 nitrogen and oxygen atoms in total. The van der Waals surface area contributed by atoms with Gasteiger partial charge in [-0.15, -0.1) is 0 Å². The van der Waals surface area contributed by atoms with E-state index in [1.54, 1.807) is 18.2 Å². The van der Waals surface area contributed by atoms with Crippen molar-refractivity contribution < 1.29 is 18.3 Å². The Morgan fingerprint density at radius 1 is 1.29 bits per heavy atom. The van der Waals surface area contributed by atoms with Gasteiger partial charge in [0, 0.05) is 11.6 Å². The first-order chi connectivity index (χ1) is 7.94. The van der Waals surface area contributed by atoms with Gasteiger partial charge in [-0.1, -0.05) is 29.8 Å². The molecule has 0 amide bonds. The number of rotatable bonds is 2. The fourth-order valence-corrected chi connectivity index (χ4v) is 3.70. The topological polar surface area (TPSA) is 71.4 Å². The van der Waals surface area contributed by atoms with Crippen LogP contribution < -0.4 is 0 Å². The molecular formula is C11H7ClO4S. The van der Waals surface area contributed by atoms with E-state index >= 15 is 0 Å². The SMILES string of the molecule is O=C(O)/C=C/C1=C(Cl)c2ccccc2S1(=O)=O. The van der Waals surface area contributed by atoms with Crippen molar-refractivity contribution in [2.75, 3.05) is 0 Å². The molecule has 0 saturated heterocycles. The van der Waals surface area contributed by atoms with Gasteiger partial charge in [0.25, 0.3) is 0 Å². The van der Waals surface area contributed by atoms with Crippen LogP contribution in [0.2, 0.25) is 0 Å². The lowest BCUT2D eigenvalue weighted by Crippen LogP contribution is -1.99. The second-order valence-electron chi connectivity index (χ2n) is 3.35. The van der Waals surface area contributed by atoms with E-state index in [1.807, 2.05) is 0 Å². The van der Waals surface area contributed by atoms with Crippen molar-refractivity contribution in [3.8, 4) is 0 Å². The van der Waals surface area contributed by atoms with Crippen LogP contribution >= 0.6 is 11.6 Å². The van der Waals surface area contributed by atoms with Crippen LogP contribution in [0.3, 0.4) is 0 Å². The summed E-state index contributed by atoms with van der Waals surface area (Å²) < 4.78 is 24.0. The highest BCUT2D eigenvalue weighted by atomic mass is 35.5. The Hall–Kier alpha value is -1.59. The van der Waals surface area contributed by atoms with Gasteiger partial charge in [0.05, 0.1) is 14.8 Å². The molecule has 0 unspecified atom stereocenters. The van der Waals surface area contributed by atoms with Gasteiger partial charge in [-0.05, 0) is 12.1 Å². The molecule has 1 aliphatic rings. The first-order valence-corrected chi connectivity index (χ1v) is 6.46. The van der Waals surface area contributed by atoms with Gasteiger partial charge < -0.3 is 5.11 Å². The highest BCUT2D eigenvalue weighted by molar-refractivity contribution is 7.96. The molecule has 2 rings (SSSR count). The van der Waals surface area contributed by atoms with E-state index in [9.17, 15) is 13.2 Å². The zero-order valence-corrected chi connectivity index (χ0v) is 9.99. The fourth-order valence-electron chi connectivity index (χ4n) is 1.56. The summed E-state index contributed by atoms with van der Waals surface area (Å²) in [6, 6.07) is 6.27. The van der Waals surface area contributed by atoms with Crippen LogP contribution in [0, 0.1) is 0 Å². The standard InChI is InChI=1S/C11H7ClO4S/c12-11-7-3-1-2-4-8(7)17(15,16)9(11)5-6-10(13)14/h1-6H,(H,13,14)/b6-5+. The molecule has 0 spiro atoms. The number of aliphatic carboxylic acids is 1. The molecule has 1 aromatic rings. The minimum absolute atomic E-state index is 0.0538. The van der Waals surface area contributed by atoms with Gasteiger partial charge >= 0.3 is 5.97 Å². The van der Waals surface area contributed by atoms with E-state index in [4.69, 9.17) is 16.7 Å². The third-order valence-corrected chi connectivity index (χ3v) is 4.67. The van der Waals surface area contributed by atoms with Gasteiger partial charge in [0.15, 0.2) is 0 Å². The largest absolute Gasteiger partial charge is 0.478 e. The summed E-state index contributed by atoms with van der Waals surface area (Å²) >= 11 is 5.93. The Bertz CT molecular complexity index is 656. The van der Waals surface area contributed by atoms with E-state index < -0.39 is 15.8 Å². The van der Waals surface area contributed by atoms with E-state index in [0.717, 1.165) is 12.2 Å². The summed E-state index contributed by atoms with van der Waals surface area (Å²) in [5.41, 5.74) is 0.402. The summed E-state index contributed by atoms with van der Waals surface area (Å²) in [6.45, 7) is 0. The summed E-state index contributed by atoms with van der Waals surface area (Å²) in [7, 11) is -3.69. The maximum Gasteiger partial charge on any atom is 0.328 e. The predicted octanol–water partition coefficient (Wildman–Crippen LogP) is 2.02. The Kier molecular flexibility index (Phi) is 2.81. The van der Waals surface area contributed by atoms with Crippen LogP contribution in [-0.4, -0.2) is 19.5 Å². The average Bonchev–Trinajstić information content (AvgIpc) is 2.46. The summed E-state index contributed by atoms with van der Waals surface area (Å²) in [5, 5.41) is 8.55. The van der Waals surface area contributed by atoms with Crippen LogP contribution in [0.5, 0.6) is 0 Å². The zero-order valence-electron chi connectivity index (χ0n) is 8.42. The Morgan fingerprint density at radius 2 is 1.94 bits per heavy atom. The molecule has 88 valence electrons. The molecule has 1 aromatic carbocycles. The van der Waals surface area contributed by atoms with Crippen molar-refractivity contribution in [3.63, 3.8) is 0 Å². The monoisotopic (exact) mass is 270 g/mol. The van der Waals surface area contributed by atoms with Gasteiger partial charge in [0.2, 0.25) is 9.84 Å². The lowest BCUT2D eigenvalue weighted by molar-refractivity contribution is -0.131. The predicted molar refractivity (Wildman–Crippen MR) is 63.2 cm³/mol. The number of sulfone groups is 1. The van der Waals surface area contributed by atoms with Crippen molar-refractivity contribution in [2.45, 2.75) is 4.90 Å². The average molecular weight is 271 g/mol. The summed E-state index contributed by atoms with van der Waals surface area (Å²) in [5.74, 6) is -1.23. The minimum Gasteiger partial charge on any atom is -0.478 e. The molecule has 0 aromatic heterocycles. The van der Waals surface area contributed by atoms with Crippen LogP contribution in [-0.2, 0) is 14.6 Å². The van der Waals surface area contributed by atoms with Crippen LogP contribution in [0.1, 0.15) is 5.56 Å². The second kappa shape index (κ2) is 4.01. The molecule has 1 aliphatic heterocycles. The number of fused-ring (bicyclic) bond motifs is 1. The van der Waals surface area contributed by atoms with E-state index in [0.29, 0.717) is 5.56 Å². The number of carboxylic acids is 1. The number of carboxylic acid groups (broad SMARTS) is 1. The number of allylic oxidation sites excluding steroid dienone is 1. The maximum absolute atomic E-state index is 12.0.